The van der Waals surface area contributed by atoms with Gasteiger partial charge in [-0.3, -0.25) is 9.69 Å². The Labute approximate surface area is 119 Å². The lowest BCUT2D eigenvalue weighted by molar-refractivity contribution is -0.119. The second kappa shape index (κ2) is 5.07. The number of benzene rings is 1. The molecule has 1 aliphatic carbocycles. The molecule has 0 unspecified atom stereocenters. The molecule has 1 amide bonds. The first-order valence-electron chi connectivity index (χ1n) is 6.17. The maximum Gasteiger partial charge on any atom is 0.231 e. The second-order valence-electron chi connectivity index (χ2n) is 4.60. The molecular formula is C13H13ClN2O2S. The fourth-order valence-corrected chi connectivity index (χ4v) is 3.23. The van der Waals surface area contributed by atoms with Crippen LogP contribution >= 0.6 is 22.9 Å². The number of anilines is 1. The summed E-state index contributed by atoms with van der Waals surface area (Å²) in [5.41, 5.74) is 0.830. The molecule has 1 heterocycles. The minimum absolute atomic E-state index is 0.0604. The Balaban J connectivity index is 1.96. The molecule has 2 aromatic rings. The van der Waals surface area contributed by atoms with Crippen LogP contribution in [0.2, 0.25) is 5.02 Å². The monoisotopic (exact) mass is 296 g/mol. The van der Waals surface area contributed by atoms with Gasteiger partial charge in [-0.15, -0.1) is 0 Å². The third-order valence-corrected chi connectivity index (χ3v) is 4.36. The lowest BCUT2D eigenvalue weighted by atomic mass is 10.3. The molecule has 4 nitrogen and oxygen atoms in total. The van der Waals surface area contributed by atoms with E-state index in [1.54, 1.807) is 11.0 Å². The Morgan fingerprint density at radius 3 is 3.00 bits per heavy atom. The van der Waals surface area contributed by atoms with Gasteiger partial charge in [0.15, 0.2) is 5.13 Å². The predicted octanol–water partition coefficient (Wildman–Crippen LogP) is 2.69. The normalized spacial score (nSPS) is 14.8. The Bertz CT molecular complexity index is 624. The molecular weight excluding hydrogens is 284 g/mol. The Kier molecular flexibility index (Phi) is 3.43. The number of hydrogen-bond acceptors (Lipinski definition) is 4. The standard InChI is InChI=1S/C13H13ClN2O2S/c14-9-3-4-10-11(7-9)19-13(15-10)16(5-6-17)12(18)8-1-2-8/h3-4,7-8,17H,1-2,5-6H2. The third-order valence-electron chi connectivity index (χ3n) is 3.09. The molecule has 19 heavy (non-hydrogen) atoms. The van der Waals surface area contributed by atoms with E-state index >= 15 is 0 Å². The van der Waals surface area contributed by atoms with Crippen LogP contribution in [0.4, 0.5) is 5.13 Å². The van der Waals surface area contributed by atoms with Crippen molar-refractivity contribution in [3.8, 4) is 0 Å². The lowest BCUT2D eigenvalue weighted by Gasteiger charge is -2.18. The minimum atomic E-state index is -0.0604. The average molecular weight is 297 g/mol. The Morgan fingerprint density at radius 2 is 2.32 bits per heavy atom. The fraction of sp³-hybridized carbons (Fsp3) is 0.385. The molecule has 1 aliphatic rings. The molecule has 6 heteroatoms. The highest BCUT2D eigenvalue weighted by molar-refractivity contribution is 7.22. The van der Waals surface area contributed by atoms with Crippen molar-refractivity contribution < 1.29 is 9.90 Å². The summed E-state index contributed by atoms with van der Waals surface area (Å²) in [4.78, 5) is 18.2. The summed E-state index contributed by atoms with van der Waals surface area (Å²) in [7, 11) is 0. The third kappa shape index (κ3) is 2.59. The molecule has 0 radical (unpaired) electrons. The van der Waals surface area contributed by atoms with Crippen molar-refractivity contribution in [1.29, 1.82) is 0 Å². The van der Waals surface area contributed by atoms with Gasteiger partial charge in [0.2, 0.25) is 5.91 Å². The van der Waals surface area contributed by atoms with E-state index in [1.807, 2.05) is 12.1 Å². The van der Waals surface area contributed by atoms with Crippen molar-refractivity contribution in [3.05, 3.63) is 23.2 Å². The number of hydrogen-bond donors (Lipinski definition) is 1. The van der Waals surface area contributed by atoms with Gasteiger partial charge in [-0.05, 0) is 31.0 Å². The van der Waals surface area contributed by atoms with E-state index < -0.39 is 0 Å². The summed E-state index contributed by atoms with van der Waals surface area (Å²) in [6.45, 7) is 0.234. The predicted molar refractivity (Wildman–Crippen MR) is 76.8 cm³/mol. The fourth-order valence-electron chi connectivity index (χ4n) is 1.95. The van der Waals surface area contributed by atoms with E-state index in [1.165, 1.54) is 11.3 Å². The number of aromatic nitrogens is 1. The highest BCUT2D eigenvalue weighted by Gasteiger charge is 2.34. The number of carbonyl (C=O) groups is 1. The quantitative estimate of drug-likeness (QED) is 0.944. The Morgan fingerprint density at radius 1 is 1.53 bits per heavy atom. The molecule has 1 saturated carbocycles. The number of halogens is 1. The summed E-state index contributed by atoms with van der Waals surface area (Å²) in [6, 6.07) is 5.47. The summed E-state index contributed by atoms with van der Waals surface area (Å²) < 4.78 is 0.953. The van der Waals surface area contributed by atoms with Gasteiger partial charge >= 0.3 is 0 Å². The highest BCUT2D eigenvalue weighted by Crippen LogP contribution is 2.36. The van der Waals surface area contributed by atoms with Crippen molar-refractivity contribution >= 4 is 44.2 Å². The maximum absolute atomic E-state index is 12.2. The van der Waals surface area contributed by atoms with Crippen molar-refractivity contribution in [2.75, 3.05) is 18.1 Å². The van der Waals surface area contributed by atoms with Gasteiger partial charge in [-0.2, -0.15) is 0 Å². The number of amides is 1. The zero-order valence-electron chi connectivity index (χ0n) is 10.2. The smallest absolute Gasteiger partial charge is 0.231 e. The van der Waals surface area contributed by atoms with Crippen LogP contribution < -0.4 is 4.90 Å². The first kappa shape index (κ1) is 12.8. The number of thiazole rings is 1. The topological polar surface area (TPSA) is 53.4 Å². The van der Waals surface area contributed by atoms with Crippen LogP contribution in [0, 0.1) is 5.92 Å². The van der Waals surface area contributed by atoms with E-state index in [-0.39, 0.29) is 18.4 Å². The SMILES string of the molecule is O=C(C1CC1)N(CCO)c1nc2ccc(Cl)cc2s1. The molecule has 100 valence electrons. The zero-order chi connectivity index (χ0) is 13.4. The molecule has 1 aromatic heterocycles. The van der Waals surface area contributed by atoms with Crippen LogP contribution in [0.3, 0.4) is 0 Å². The first-order valence-corrected chi connectivity index (χ1v) is 7.37. The van der Waals surface area contributed by atoms with Crippen LogP contribution in [-0.4, -0.2) is 29.1 Å². The number of aliphatic hydroxyl groups excluding tert-OH is 1. The van der Waals surface area contributed by atoms with E-state index in [4.69, 9.17) is 16.7 Å². The van der Waals surface area contributed by atoms with Crippen molar-refractivity contribution in [2.45, 2.75) is 12.8 Å². The first-order chi connectivity index (χ1) is 9.19. The summed E-state index contributed by atoms with van der Waals surface area (Å²) in [6.07, 6.45) is 1.88. The molecule has 1 N–H and O–H groups in total. The Hall–Kier alpha value is -1.17. The number of carbonyl (C=O) groups excluding carboxylic acids is 1. The maximum atomic E-state index is 12.2. The van der Waals surface area contributed by atoms with Gasteiger partial charge in [0.1, 0.15) is 0 Å². The molecule has 3 rings (SSSR count). The minimum Gasteiger partial charge on any atom is -0.395 e. The summed E-state index contributed by atoms with van der Waals surface area (Å²) in [5.74, 6) is 0.182. The molecule has 0 spiro atoms. The lowest BCUT2D eigenvalue weighted by Crippen LogP contribution is -2.34. The average Bonchev–Trinajstić information content (AvgIpc) is 3.15. The van der Waals surface area contributed by atoms with Gasteiger partial charge in [0.05, 0.1) is 23.4 Å². The van der Waals surface area contributed by atoms with E-state index in [0.29, 0.717) is 16.7 Å². The van der Waals surface area contributed by atoms with Crippen LogP contribution in [-0.2, 0) is 4.79 Å². The molecule has 1 aromatic carbocycles. The number of aliphatic hydroxyl groups is 1. The molecule has 1 fully saturated rings. The van der Waals surface area contributed by atoms with Gasteiger partial charge < -0.3 is 5.11 Å². The second-order valence-corrected chi connectivity index (χ2v) is 6.04. The molecule has 0 bridgehead atoms. The number of rotatable bonds is 4. The van der Waals surface area contributed by atoms with Gasteiger partial charge in [-0.25, -0.2) is 4.98 Å². The van der Waals surface area contributed by atoms with Crippen molar-refractivity contribution in [1.82, 2.24) is 4.98 Å². The summed E-state index contributed by atoms with van der Waals surface area (Å²) >= 11 is 7.38. The van der Waals surface area contributed by atoms with Crippen molar-refractivity contribution in [3.63, 3.8) is 0 Å². The van der Waals surface area contributed by atoms with Crippen LogP contribution in [0.15, 0.2) is 18.2 Å². The van der Waals surface area contributed by atoms with Crippen LogP contribution in [0.1, 0.15) is 12.8 Å². The van der Waals surface area contributed by atoms with Gasteiger partial charge in [0.25, 0.3) is 0 Å². The van der Waals surface area contributed by atoms with Gasteiger partial charge in [-0.1, -0.05) is 22.9 Å². The van der Waals surface area contributed by atoms with Crippen LogP contribution in [0.5, 0.6) is 0 Å². The number of fused-ring (bicyclic) bond motifs is 1. The van der Waals surface area contributed by atoms with Crippen molar-refractivity contribution in [2.24, 2.45) is 5.92 Å². The zero-order valence-corrected chi connectivity index (χ0v) is 11.7. The molecule has 0 aliphatic heterocycles. The van der Waals surface area contributed by atoms with Gasteiger partial charge in [0, 0.05) is 10.9 Å². The largest absolute Gasteiger partial charge is 0.395 e. The van der Waals surface area contributed by atoms with Crippen LogP contribution in [0.25, 0.3) is 10.2 Å². The highest BCUT2D eigenvalue weighted by atomic mass is 35.5. The number of nitrogens with zero attached hydrogens (tertiary/aromatic N) is 2. The molecule has 0 saturated heterocycles. The van der Waals surface area contributed by atoms with E-state index in [2.05, 4.69) is 4.98 Å². The summed E-state index contributed by atoms with van der Waals surface area (Å²) in [5, 5.41) is 10.4. The van der Waals surface area contributed by atoms with E-state index in [0.717, 1.165) is 23.1 Å². The molecule has 0 atom stereocenters. The van der Waals surface area contributed by atoms with E-state index in [9.17, 15) is 4.79 Å².